The lowest BCUT2D eigenvalue weighted by Gasteiger charge is -2.22. The van der Waals surface area contributed by atoms with Crippen LogP contribution in [0.3, 0.4) is 0 Å². The van der Waals surface area contributed by atoms with Crippen molar-refractivity contribution in [1.29, 1.82) is 0 Å². The standard InChI is InChI=1S/C15H16ClNO/c1-8-5-9-6-13-10(12(9)7-14(8)16)3-2-4-11(13)15(17)18/h5,7,11H,2-4,6H2,1H3,(H2,17,18)/i5D,7D,11D. The molecule has 0 aliphatic heterocycles. The second-order valence-corrected chi connectivity index (χ2v) is 5.25. The van der Waals surface area contributed by atoms with E-state index in [0.29, 0.717) is 54.0 Å². The molecular weight excluding hydrogens is 246 g/mol. The third-order valence-electron chi connectivity index (χ3n) is 3.74. The van der Waals surface area contributed by atoms with Crippen LogP contribution in [0, 0.1) is 12.8 Å². The maximum atomic E-state index is 11.8. The Kier molecular flexibility index (Phi) is 2.01. The number of primary amides is 1. The van der Waals surface area contributed by atoms with Gasteiger partial charge in [-0.3, -0.25) is 4.79 Å². The molecule has 1 aromatic carbocycles. The van der Waals surface area contributed by atoms with Crippen molar-refractivity contribution in [3.63, 3.8) is 0 Å². The zero-order chi connectivity index (χ0) is 15.5. The molecule has 0 spiro atoms. The van der Waals surface area contributed by atoms with E-state index in [0.717, 1.165) is 5.57 Å². The highest BCUT2D eigenvalue weighted by molar-refractivity contribution is 6.31. The third kappa shape index (κ3) is 1.67. The van der Waals surface area contributed by atoms with E-state index in [-0.39, 0.29) is 11.1 Å². The summed E-state index contributed by atoms with van der Waals surface area (Å²) in [4.78, 5) is 11.8. The zero-order valence-corrected chi connectivity index (χ0v) is 10.9. The van der Waals surface area contributed by atoms with Gasteiger partial charge in [0.1, 0.15) is 0 Å². The smallest absolute Gasteiger partial charge is 0.224 e. The third-order valence-corrected chi connectivity index (χ3v) is 4.12. The Bertz CT molecular complexity index is 714. The van der Waals surface area contributed by atoms with Gasteiger partial charge in [-0.1, -0.05) is 17.6 Å². The van der Waals surface area contributed by atoms with Crippen LogP contribution >= 0.6 is 11.6 Å². The maximum Gasteiger partial charge on any atom is 0.224 e. The Morgan fingerprint density at radius 3 is 3.11 bits per heavy atom. The average Bonchev–Trinajstić information content (AvgIpc) is 2.84. The number of hydrogen-bond acceptors (Lipinski definition) is 1. The minimum Gasteiger partial charge on any atom is -0.369 e. The normalized spacial score (nSPS) is 28.2. The monoisotopic (exact) mass is 264 g/mol. The van der Waals surface area contributed by atoms with Crippen LogP contribution < -0.4 is 5.73 Å². The number of amides is 1. The molecule has 3 rings (SSSR count). The van der Waals surface area contributed by atoms with Crippen molar-refractivity contribution in [2.45, 2.75) is 32.6 Å². The van der Waals surface area contributed by atoms with Crippen molar-refractivity contribution < 1.29 is 8.91 Å². The summed E-state index contributed by atoms with van der Waals surface area (Å²) in [7, 11) is 0. The molecule has 1 amide bonds. The van der Waals surface area contributed by atoms with Crippen molar-refractivity contribution >= 4 is 23.1 Å². The van der Waals surface area contributed by atoms with Crippen molar-refractivity contribution in [1.82, 2.24) is 0 Å². The fourth-order valence-corrected chi connectivity index (χ4v) is 3.02. The molecule has 1 aromatic rings. The number of rotatable bonds is 1. The van der Waals surface area contributed by atoms with Crippen molar-refractivity contribution in [3.05, 3.63) is 39.4 Å². The number of fused-ring (bicyclic) bond motifs is 2. The lowest BCUT2D eigenvalue weighted by Crippen LogP contribution is -2.27. The van der Waals surface area contributed by atoms with E-state index in [1.807, 2.05) is 0 Å². The molecule has 0 aromatic heterocycles. The molecule has 0 heterocycles. The first kappa shape index (κ1) is 8.76. The van der Waals surface area contributed by atoms with E-state index >= 15 is 0 Å². The Morgan fingerprint density at radius 2 is 2.39 bits per heavy atom. The summed E-state index contributed by atoms with van der Waals surface area (Å²) >= 11 is 6.16. The molecule has 94 valence electrons. The highest BCUT2D eigenvalue weighted by Crippen LogP contribution is 2.45. The predicted molar refractivity (Wildman–Crippen MR) is 73.3 cm³/mol. The molecule has 2 aliphatic rings. The summed E-state index contributed by atoms with van der Waals surface area (Å²) in [6.45, 7) is 1.72. The molecule has 3 heteroatoms. The zero-order valence-electron chi connectivity index (χ0n) is 13.2. The Labute approximate surface area is 116 Å². The van der Waals surface area contributed by atoms with Crippen LogP contribution in [0.25, 0.3) is 5.57 Å². The molecule has 0 saturated carbocycles. The van der Waals surface area contributed by atoms with Gasteiger partial charge in [-0.25, -0.2) is 0 Å². The first-order valence-corrected chi connectivity index (χ1v) is 6.47. The van der Waals surface area contributed by atoms with Gasteiger partial charge in [-0.15, -0.1) is 0 Å². The topological polar surface area (TPSA) is 43.1 Å². The second kappa shape index (κ2) is 4.13. The van der Waals surface area contributed by atoms with Crippen LogP contribution in [0.5, 0.6) is 0 Å². The molecule has 2 nitrogen and oxygen atoms in total. The molecule has 0 fully saturated rings. The largest absolute Gasteiger partial charge is 0.369 e. The van der Waals surface area contributed by atoms with Gasteiger partial charge in [0.05, 0.1) is 8.64 Å². The predicted octanol–water partition coefficient (Wildman–Crippen LogP) is 3.24. The Hall–Kier alpha value is -1.28. The summed E-state index contributed by atoms with van der Waals surface area (Å²) in [5.74, 6) is -2.06. The van der Waals surface area contributed by atoms with Gasteiger partial charge in [0.15, 0.2) is 0 Å². The van der Waals surface area contributed by atoms with E-state index in [1.54, 1.807) is 6.92 Å². The molecule has 2 aliphatic carbocycles. The molecule has 0 saturated heterocycles. The quantitative estimate of drug-likeness (QED) is 0.831. The van der Waals surface area contributed by atoms with Crippen LogP contribution in [0.1, 0.15) is 40.1 Å². The minimum absolute atomic E-state index is 0.207. The molecular formula is C15H16ClNO. The van der Waals surface area contributed by atoms with Gasteiger partial charge in [0.2, 0.25) is 5.91 Å². The highest BCUT2D eigenvalue weighted by Gasteiger charge is 2.33. The van der Waals surface area contributed by atoms with E-state index in [2.05, 4.69) is 0 Å². The minimum atomic E-state index is -1.41. The van der Waals surface area contributed by atoms with E-state index in [1.165, 1.54) is 0 Å². The number of benzene rings is 1. The Balaban J connectivity index is 2.28. The summed E-state index contributed by atoms with van der Waals surface area (Å²) in [5.41, 5.74) is 8.90. The molecule has 1 atom stereocenters. The van der Waals surface area contributed by atoms with Gasteiger partial charge in [-0.2, -0.15) is 0 Å². The van der Waals surface area contributed by atoms with Crippen LogP contribution in [0.4, 0.5) is 0 Å². The lowest BCUT2D eigenvalue weighted by atomic mass is 9.82. The molecule has 1 unspecified atom stereocenters. The van der Waals surface area contributed by atoms with Crippen molar-refractivity contribution in [2.24, 2.45) is 11.6 Å². The number of allylic oxidation sites excluding steroid dienone is 1. The van der Waals surface area contributed by atoms with Crippen LogP contribution in [0.15, 0.2) is 17.7 Å². The number of halogens is 1. The molecule has 2 N–H and O–H groups in total. The van der Waals surface area contributed by atoms with E-state index < -0.39 is 11.8 Å². The van der Waals surface area contributed by atoms with Crippen molar-refractivity contribution in [2.75, 3.05) is 0 Å². The van der Waals surface area contributed by atoms with E-state index in [9.17, 15) is 4.79 Å². The van der Waals surface area contributed by atoms with Crippen molar-refractivity contribution in [3.8, 4) is 0 Å². The van der Waals surface area contributed by atoms with Gasteiger partial charge < -0.3 is 5.73 Å². The second-order valence-electron chi connectivity index (χ2n) is 4.87. The first-order valence-electron chi connectivity index (χ1n) is 7.60. The van der Waals surface area contributed by atoms with Gasteiger partial charge >= 0.3 is 0 Å². The molecule has 0 bridgehead atoms. The number of carbonyl (C=O) groups is 1. The van der Waals surface area contributed by atoms with E-state index in [4.69, 9.17) is 21.4 Å². The molecule has 0 radical (unpaired) electrons. The lowest BCUT2D eigenvalue weighted by molar-refractivity contribution is -0.121. The van der Waals surface area contributed by atoms with Gasteiger partial charge in [-0.05, 0) is 66.5 Å². The number of hydrogen-bond donors (Lipinski definition) is 1. The highest BCUT2D eigenvalue weighted by atomic mass is 35.5. The Morgan fingerprint density at radius 1 is 1.61 bits per heavy atom. The number of carbonyl (C=O) groups excluding carboxylic acids is 1. The molecule has 18 heavy (non-hydrogen) atoms. The van der Waals surface area contributed by atoms with Crippen LogP contribution in [-0.2, 0) is 11.2 Å². The number of nitrogens with two attached hydrogens (primary N) is 1. The fourth-order valence-electron chi connectivity index (χ4n) is 2.88. The summed E-state index contributed by atoms with van der Waals surface area (Å²) in [6.07, 6.45) is 2.16. The average molecular weight is 265 g/mol. The van der Waals surface area contributed by atoms with Crippen LogP contribution in [0.2, 0.25) is 5.02 Å². The fraction of sp³-hybridized carbons (Fsp3) is 0.400. The summed E-state index contributed by atoms with van der Waals surface area (Å²) in [6, 6.07) is 0.520. The summed E-state index contributed by atoms with van der Waals surface area (Å²) in [5, 5.41) is 0.285. The van der Waals surface area contributed by atoms with Gasteiger partial charge in [0.25, 0.3) is 0 Å². The SMILES string of the molecule is [2H]c1c(C)c(Cl)c([2H])c2c1CC1=C2CCCC1([2H])C(N)=O. The van der Waals surface area contributed by atoms with Crippen LogP contribution in [-0.4, -0.2) is 5.91 Å². The maximum absolute atomic E-state index is 11.8. The summed E-state index contributed by atoms with van der Waals surface area (Å²) < 4.78 is 24.9. The van der Waals surface area contributed by atoms with Gasteiger partial charge in [0, 0.05) is 6.39 Å². The first-order chi connectivity index (χ1) is 9.79.